The van der Waals surface area contributed by atoms with Gasteiger partial charge in [0, 0.05) is 29.1 Å². The van der Waals surface area contributed by atoms with Gasteiger partial charge in [0.25, 0.3) is 5.91 Å². The number of carbonyl (C=O) groups excluding carboxylic acids is 1. The fourth-order valence-electron chi connectivity index (χ4n) is 2.91. The molecule has 0 unspecified atom stereocenters. The minimum absolute atomic E-state index is 0.101. The lowest BCUT2D eigenvalue weighted by Gasteiger charge is -2.22. The molecular weight excluding hydrogens is 324 g/mol. The summed E-state index contributed by atoms with van der Waals surface area (Å²) in [6.07, 6.45) is 8.86. The average molecular weight is 345 g/mol. The second kappa shape index (κ2) is 7.62. The monoisotopic (exact) mass is 344 g/mol. The Morgan fingerprint density at radius 1 is 1.17 bits per heavy atom. The molecular formula is C18H21ClN4O. The molecule has 1 aliphatic carbocycles. The molecule has 1 amide bonds. The van der Waals surface area contributed by atoms with Crippen molar-refractivity contribution in [1.29, 1.82) is 0 Å². The van der Waals surface area contributed by atoms with Gasteiger partial charge in [0.05, 0.1) is 5.56 Å². The maximum atomic E-state index is 12.2. The van der Waals surface area contributed by atoms with Crippen LogP contribution < -0.4 is 10.6 Å². The number of halogens is 1. The number of nitrogens with zero attached hydrogens (tertiary/aromatic N) is 2. The fraction of sp³-hybridized carbons (Fsp3) is 0.389. The SMILES string of the molecule is Cc1cc(Cl)ccc1Nc1ncc(C(=O)NC2CCCCC2)cn1. The van der Waals surface area contributed by atoms with Gasteiger partial charge in [-0.3, -0.25) is 4.79 Å². The molecule has 1 saturated carbocycles. The number of benzene rings is 1. The molecule has 0 spiro atoms. The molecule has 6 heteroatoms. The molecule has 2 N–H and O–H groups in total. The van der Waals surface area contributed by atoms with Crippen LogP contribution in [0.5, 0.6) is 0 Å². The predicted octanol–water partition coefficient (Wildman–Crippen LogP) is 4.24. The minimum atomic E-state index is -0.101. The molecule has 1 aliphatic rings. The van der Waals surface area contributed by atoms with Crippen LogP contribution in [0, 0.1) is 6.92 Å². The van der Waals surface area contributed by atoms with Crippen molar-refractivity contribution in [3.8, 4) is 0 Å². The summed E-state index contributed by atoms with van der Waals surface area (Å²) in [6, 6.07) is 5.84. The molecule has 1 fully saturated rings. The normalized spacial score (nSPS) is 15.1. The third-order valence-corrected chi connectivity index (χ3v) is 4.52. The number of hydrogen-bond donors (Lipinski definition) is 2. The molecule has 2 aromatic rings. The number of aryl methyl sites for hydroxylation is 1. The lowest BCUT2D eigenvalue weighted by Crippen LogP contribution is -2.36. The van der Waals surface area contributed by atoms with Crippen LogP contribution in [0.4, 0.5) is 11.6 Å². The lowest BCUT2D eigenvalue weighted by molar-refractivity contribution is 0.0927. The van der Waals surface area contributed by atoms with Gasteiger partial charge in [-0.25, -0.2) is 9.97 Å². The summed E-state index contributed by atoms with van der Waals surface area (Å²) in [4.78, 5) is 20.7. The van der Waals surface area contributed by atoms with Crippen molar-refractivity contribution in [3.63, 3.8) is 0 Å². The molecule has 5 nitrogen and oxygen atoms in total. The zero-order valence-corrected chi connectivity index (χ0v) is 14.4. The molecule has 1 aromatic carbocycles. The van der Waals surface area contributed by atoms with Crippen LogP contribution in [-0.4, -0.2) is 21.9 Å². The highest BCUT2D eigenvalue weighted by atomic mass is 35.5. The molecule has 24 heavy (non-hydrogen) atoms. The quantitative estimate of drug-likeness (QED) is 0.870. The summed E-state index contributed by atoms with van der Waals surface area (Å²) < 4.78 is 0. The maximum Gasteiger partial charge on any atom is 0.254 e. The highest BCUT2D eigenvalue weighted by Crippen LogP contribution is 2.22. The van der Waals surface area contributed by atoms with Crippen LogP contribution in [0.25, 0.3) is 0 Å². The first-order valence-corrected chi connectivity index (χ1v) is 8.66. The van der Waals surface area contributed by atoms with Crippen LogP contribution in [0.1, 0.15) is 48.0 Å². The van der Waals surface area contributed by atoms with Crippen LogP contribution in [0.3, 0.4) is 0 Å². The number of amides is 1. The first-order valence-electron chi connectivity index (χ1n) is 8.28. The van der Waals surface area contributed by atoms with Gasteiger partial charge in [-0.2, -0.15) is 0 Å². The van der Waals surface area contributed by atoms with E-state index in [-0.39, 0.29) is 11.9 Å². The zero-order valence-electron chi connectivity index (χ0n) is 13.7. The van der Waals surface area contributed by atoms with E-state index in [2.05, 4.69) is 20.6 Å². The van der Waals surface area contributed by atoms with E-state index in [1.165, 1.54) is 19.3 Å². The molecule has 3 rings (SSSR count). The third-order valence-electron chi connectivity index (χ3n) is 4.29. The van der Waals surface area contributed by atoms with E-state index < -0.39 is 0 Å². The Kier molecular flexibility index (Phi) is 5.30. The van der Waals surface area contributed by atoms with E-state index in [9.17, 15) is 4.79 Å². The second-order valence-corrected chi connectivity index (χ2v) is 6.62. The topological polar surface area (TPSA) is 66.9 Å². The average Bonchev–Trinajstić information content (AvgIpc) is 2.59. The smallest absolute Gasteiger partial charge is 0.254 e. The Bertz CT molecular complexity index is 711. The number of anilines is 2. The number of rotatable bonds is 4. The van der Waals surface area contributed by atoms with Gasteiger partial charge in [0.15, 0.2) is 0 Å². The first-order chi connectivity index (χ1) is 11.6. The summed E-state index contributed by atoms with van der Waals surface area (Å²) in [5.74, 6) is 0.353. The van der Waals surface area contributed by atoms with Crippen LogP contribution >= 0.6 is 11.6 Å². The molecule has 1 aromatic heterocycles. The van der Waals surface area contributed by atoms with Gasteiger partial charge >= 0.3 is 0 Å². The van der Waals surface area contributed by atoms with Crippen molar-refractivity contribution < 1.29 is 4.79 Å². The summed E-state index contributed by atoms with van der Waals surface area (Å²) in [5.41, 5.74) is 2.38. The van der Waals surface area contributed by atoms with Crippen molar-refractivity contribution in [2.45, 2.75) is 45.1 Å². The summed E-state index contributed by atoms with van der Waals surface area (Å²) >= 11 is 5.95. The molecule has 0 bridgehead atoms. The van der Waals surface area contributed by atoms with Gasteiger partial charge in [0.1, 0.15) is 0 Å². The minimum Gasteiger partial charge on any atom is -0.349 e. The Morgan fingerprint density at radius 3 is 2.54 bits per heavy atom. The lowest BCUT2D eigenvalue weighted by atomic mass is 9.95. The fourth-order valence-corrected chi connectivity index (χ4v) is 3.14. The van der Waals surface area contributed by atoms with Gasteiger partial charge in [-0.05, 0) is 43.5 Å². The van der Waals surface area contributed by atoms with Gasteiger partial charge in [-0.15, -0.1) is 0 Å². The third kappa shape index (κ3) is 4.23. The summed E-state index contributed by atoms with van der Waals surface area (Å²) in [6.45, 7) is 1.96. The molecule has 0 saturated heterocycles. The van der Waals surface area contributed by atoms with Gasteiger partial charge in [0.2, 0.25) is 5.95 Å². The maximum absolute atomic E-state index is 12.2. The Hall–Kier alpha value is -2.14. The van der Waals surface area contributed by atoms with Crippen molar-refractivity contribution in [2.24, 2.45) is 0 Å². The van der Waals surface area contributed by atoms with E-state index in [0.29, 0.717) is 16.5 Å². The van der Waals surface area contributed by atoms with Gasteiger partial charge in [-0.1, -0.05) is 30.9 Å². The van der Waals surface area contributed by atoms with Crippen molar-refractivity contribution in [3.05, 3.63) is 46.7 Å². The van der Waals surface area contributed by atoms with Crippen molar-refractivity contribution in [2.75, 3.05) is 5.32 Å². The highest BCUT2D eigenvalue weighted by molar-refractivity contribution is 6.30. The first kappa shape index (κ1) is 16.7. The molecule has 0 aliphatic heterocycles. The van der Waals surface area contributed by atoms with Crippen LogP contribution in [0.2, 0.25) is 5.02 Å². The zero-order chi connectivity index (χ0) is 16.9. The standard InChI is InChI=1S/C18H21ClN4O/c1-12-9-14(19)7-8-16(12)23-18-20-10-13(11-21-18)17(24)22-15-5-3-2-4-6-15/h7-11,15H,2-6H2,1H3,(H,22,24)(H,20,21,23). The number of aromatic nitrogens is 2. The Labute approximate surface area is 146 Å². The molecule has 0 atom stereocenters. The number of carbonyl (C=O) groups is 1. The van der Waals surface area contributed by atoms with E-state index in [0.717, 1.165) is 24.1 Å². The number of hydrogen-bond acceptors (Lipinski definition) is 4. The van der Waals surface area contributed by atoms with Crippen LogP contribution in [0.15, 0.2) is 30.6 Å². The van der Waals surface area contributed by atoms with E-state index in [1.807, 2.05) is 25.1 Å². The molecule has 126 valence electrons. The summed E-state index contributed by atoms with van der Waals surface area (Å²) in [5, 5.41) is 6.89. The largest absolute Gasteiger partial charge is 0.349 e. The Balaban J connectivity index is 1.63. The van der Waals surface area contributed by atoms with Crippen molar-refractivity contribution >= 4 is 29.1 Å². The number of nitrogens with one attached hydrogen (secondary N) is 2. The van der Waals surface area contributed by atoms with Gasteiger partial charge < -0.3 is 10.6 Å². The molecule has 1 heterocycles. The van der Waals surface area contributed by atoms with E-state index in [1.54, 1.807) is 12.4 Å². The van der Waals surface area contributed by atoms with E-state index in [4.69, 9.17) is 11.6 Å². The predicted molar refractivity (Wildman–Crippen MR) is 95.8 cm³/mol. The summed E-state index contributed by atoms with van der Waals surface area (Å²) in [7, 11) is 0. The second-order valence-electron chi connectivity index (χ2n) is 6.19. The van der Waals surface area contributed by atoms with Crippen LogP contribution in [-0.2, 0) is 0 Å². The highest BCUT2D eigenvalue weighted by Gasteiger charge is 2.17. The van der Waals surface area contributed by atoms with E-state index >= 15 is 0 Å². The molecule has 0 radical (unpaired) electrons. The van der Waals surface area contributed by atoms with Crippen molar-refractivity contribution in [1.82, 2.24) is 15.3 Å². The Morgan fingerprint density at radius 2 is 1.88 bits per heavy atom.